The zero-order chi connectivity index (χ0) is 19.3. The molecule has 2 aromatic carbocycles. The van der Waals surface area contributed by atoms with Crippen LogP contribution in [0.1, 0.15) is 12.5 Å². The second kappa shape index (κ2) is 8.64. The van der Waals surface area contributed by atoms with Gasteiger partial charge in [0.1, 0.15) is 5.75 Å². The smallest absolute Gasteiger partial charge is 0.271 e. The summed E-state index contributed by atoms with van der Waals surface area (Å²) < 4.78 is 5.13. The Morgan fingerprint density at radius 2 is 1.96 bits per heavy atom. The van der Waals surface area contributed by atoms with Crippen LogP contribution < -0.4 is 10.1 Å². The van der Waals surface area contributed by atoms with Crippen molar-refractivity contribution in [2.24, 2.45) is 0 Å². The number of carbonyl (C=O) groups excluding carboxylic acids is 1. The molecule has 1 N–H and O–H groups in total. The second-order valence-electron chi connectivity index (χ2n) is 5.85. The Morgan fingerprint density at radius 1 is 1.31 bits per heavy atom. The van der Waals surface area contributed by atoms with Gasteiger partial charge in [-0.05, 0) is 37.7 Å². The highest BCUT2D eigenvalue weighted by molar-refractivity contribution is 6.34. The topological polar surface area (TPSA) is 84.7 Å². The number of anilines is 1. The Kier molecular flexibility index (Phi) is 6.54. The molecule has 0 radical (unpaired) electrons. The maximum Gasteiger partial charge on any atom is 0.271 e. The SMILES string of the molecule is COc1ccc(CN(C)C(C)C(=O)Nc2ccc([N+](=O)[O-])cc2Cl)cc1. The zero-order valence-electron chi connectivity index (χ0n) is 14.7. The maximum absolute atomic E-state index is 12.5. The van der Waals surface area contributed by atoms with E-state index in [4.69, 9.17) is 16.3 Å². The van der Waals surface area contributed by atoms with Gasteiger partial charge in [0.25, 0.3) is 5.69 Å². The van der Waals surface area contributed by atoms with E-state index in [0.29, 0.717) is 12.2 Å². The van der Waals surface area contributed by atoms with Gasteiger partial charge in [0.2, 0.25) is 5.91 Å². The molecule has 0 saturated heterocycles. The number of halogens is 1. The average molecular weight is 378 g/mol. The number of amides is 1. The number of nitrogens with zero attached hydrogens (tertiary/aromatic N) is 2. The average Bonchev–Trinajstić information content (AvgIpc) is 2.63. The number of hydrogen-bond acceptors (Lipinski definition) is 5. The molecule has 0 aliphatic carbocycles. The summed E-state index contributed by atoms with van der Waals surface area (Å²) in [5.41, 5.74) is 1.26. The van der Waals surface area contributed by atoms with Gasteiger partial charge in [-0.1, -0.05) is 23.7 Å². The van der Waals surface area contributed by atoms with Gasteiger partial charge in [0.05, 0.1) is 28.8 Å². The molecule has 2 aromatic rings. The number of likely N-dealkylation sites (N-methyl/N-ethyl adjacent to an activating group) is 1. The summed E-state index contributed by atoms with van der Waals surface area (Å²) >= 11 is 6.02. The van der Waals surface area contributed by atoms with Crippen LogP contribution in [-0.4, -0.2) is 35.9 Å². The number of nitro benzene ring substituents is 1. The van der Waals surface area contributed by atoms with Crippen LogP contribution in [0, 0.1) is 10.1 Å². The first-order valence-corrected chi connectivity index (χ1v) is 8.27. The summed E-state index contributed by atoms with van der Waals surface area (Å²) in [6.45, 7) is 2.35. The van der Waals surface area contributed by atoms with Crippen molar-refractivity contribution < 1.29 is 14.5 Å². The fourth-order valence-electron chi connectivity index (χ4n) is 2.31. The van der Waals surface area contributed by atoms with Crippen molar-refractivity contribution in [1.82, 2.24) is 4.90 Å². The molecule has 2 rings (SSSR count). The Labute approximate surface area is 156 Å². The fraction of sp³-hybridized carbons (Fsp3) is 0.278. The lowest BCUT2D eigenvalue weighted by Crippen LogP contribution is -2.39. The van der Waals surface area contributed by atoms with Gasteiger partial charge >= 0.3 is 0 Å². The Morgan fingerprint density at radius 3 is 2.50 bits per heavy atom. The summed E-state index contributed by atoms with van der Waals surface area (Å²) in [6, 6.07) is 11.1. The van der Waals surface area contributed by atoms with E-state index in [1.807, 2.05) is 36.2 Å². The maximum atomic E-state index is 12.5. The summed E-state index contributed by atoms with van der Waals surface area (Å²) in [4.78, 5) is 24.5. The third-order valence-electron chi connectivity index (χ3n) is 4.05. The van der Waals surface area contributed by atoms with Crippen molar-refractivity contribution in [3.63, 3.8) is 0 Å². The molecule has 0 saturated carbocycles. The number of hydrogen-bond donors (Lipinski definition) is 1. The molecule has 0 spiro atoms. The minimum absolute atomic E-state index is 0.123. The number of carbonyl (C=O) groups is 1. The van der Waals surface area contributed by atoms with Crippen molar-refractivity contribution in [2.45, 2.75) is 19.5 Å². The van der Waals surface area contributed by atoms with E-state index in [1.165, 1.54) is 18.2 Å². The Balaban J connectivity index is 2.00. The fourth-order valence-corrected chi connectivity index (χ4v) is 2.53. The molecule has 0 aliphatic rings. The number of methoxy groups -OCH3 is 1. The minimum atomic E-state index is -0.539. The highest BCUT2D eigenvalue weighted by Gasteiger charge is 2.20. The molecule has 0 heterocycles. The van der Waals surface area contributed by atoms with Crippen LogP contribution in [0.3, 0.4) is 0 Å². The van der Waals surface area contributed by atoms with Crippen LogP contribution in [0.2, 0.25) is 5.02 Å². The molecule has 1 unspecified atom stereocenters. The molecule has 1 amide bonds. The molecular formula is C18H20ClN3O4. The summed E-state index contributed by atoms with van der Waals surface area (Å²) in [5, 5.41) is 13.6. The van der Waals surface area contributed by atoms with Gasteiger partial charge in [0, 0.05) is 18.7 Å². The summed E-state index contributed by atoms with van der Waals surface area (Å²) in [5.74, 6) is 0.520. The number of nitrogens with one attached hydrogen (secondary N) is 1. The molecule has 0 aromatic heterocycles. The first-order valence-electron chi connectivity index (χ1n) is 7.89. The quantitative estimate of drug-likeness (QED) is 0.587. The molecular weight excluding hydrogens is 358 g/mol. The molecule has 8 heteroatoms. The highest BCUT2D eigenvalue weighted by atomic mass is 35.5. The first-order chi connectivity index (χ1) is 12.3. The Bertz CT molecular complexity index is 796. The number of nitro groups is 1. The van der Waals surface area contributed by atoms with Gasteiger partial charge in [-0.3, -0.25) is 19.8 Å². The molecule has 26 heavy (non-hydrogen) atoms. The van der Waals surface area contributed by atoms with Gasteiger partial charge in [0.15, 0.2) is 0 Å². The van der Waals surface area contributed by atoms with Crippen LogP contribution in [0.4, 0.5) is 11.4 Å². The van der Waals surface area contributed by atoms with Crippen molar-refractivity contribution in [3.8, 4) is 5.75 Å². The zero-order valence-corrected chi connectivity index (χ0v) is 15.5. The lowest BCUT2D eigenvalue weighted by Gasteiger charge is -2.24. The van der Waals surface area contributed by atoms with E-state index in [1.54, 1.807) is 14.0 Å². The van der Waals surface area contributed by atoms with Crippen LogP contribution in [0.15, 0.2) is 42.5 Å². The van der Waals surface area contributed by atoms with Crippen LogP contribution in [0.25, 0.3) is 0 Å². The summed E-state index contributed by atoms with van der Waals surface area (Å²) in [7, 11) is 3.45. The van der Waals surface area contributed by atoms with Crippen LogP contribution >= 0.6 is 11.6 Å². The lowest BCUT2D eigenvalue weighted by atomic mass is 10.1. The number of ether oxygens (including phenoxy) is 1. The van der Waals surface area contributed by atoms with E-state index < -0.39 is 11.0 Å². The van der Waals surface area contributed by atoms with E-state index in [-0.39, 0.29) is 16.6 Å². The van der Waals surface area contributed by atoms with E-state index in [0.717, 1.165) is 11.3 Å². The number of benzene rings is 2. The third kappa shape index (κ3) is 4.93. The van der Waals surface area contributed by atoms with Gasteiger partial charge in [-0.15, -0.1) is 0 Å². The normalized spacial score (nSPS) is 11.9. The molecule has 7 nitrogen and oxygen atoms in total. The van der Waals surface area contributed by atoms with E-state index in [2.05, 4.69) is 5.32 Å². The number of non-ortho nitro benzene ring substituents is 1. The molecule has 0 bridgehead atoms. The molecule has 0 aliphatic heterocycles. The highest BCUT2D eigenvalue weighted by Crippen LogP contribution is 2.27. The lowest BCUT2D eigenvalue weighted by molar-refractivity contribution is -0.384. The van der Waals surface area contributed by atoms with E-state index in [9.17, 15) is 14.9 Å². The minimum Gasteiger partial charge on any atom is -0.497 e. The van der Waals surface area contributed by atoms with Crippen molar-refractivity contribution in [3.05, 3.63) is 63.2 Å². The number of rotatable bonds is 7. The van der Waals surface area contributed by atoms with Crippen molar-refractivity contribution in [1.29, 1.82) is 0 Å². The molecule has 0 fully saturated rings. The second-order valence-corrected chi connectivity index (χ2v) is 6.26. The van der Waals surface area contributed by atoms with Gasteiger partial charge in [-0.25, -0.2) is 0 Å². The van der Waals surface area contributed by atoms with Crippen molar-refractivity contribution >= 4 is 28.9 Å². The molecule has 1 atom stereocenters. The third-order valence-corrected chi connectivity index (χ3v) is 4.37. The van der Waals surface area contributed by atoms with Gasteiger partial charge < -0.3 is 10.1 Å². The molecule has 138 valence electrons. The van der Waals surface area contributed by atoms with Crippen molar-refractivity contribution in [2.75, 3.05) is 19.5 Å². The largest absolute Gasteiger partial charge is 0.497 e. The predicted octanol–water partition coefficient (Wildman–Crippen LogP) is 3.72. The Hall–Kier alpha value is -2.64. The van der Waals surface area contributed by atoms with Crippen LogP contribution in [-0.2, 0) is 11.3 Å². The van der Waals surface area contributed by atoms with Gasteiger partial charge in [-0.2, -0.15) is 0 Å². The standard InChI is InChI=1S/C18H20ClN3O4/c1-12(21(2)11-13-4-7-15(26-3)8-5-13)18(23)20-17-9-6-14(22(24)25)10-16(17)19/h4-10,12H,11H2,1-3H3,(H,20,23). The monoisotopic (exact) mass is 377 g/mol. The van der Waals surface area contributed by atoms with Crippen LogP contribution in [0.5, 0.6) is 5.75 Å². The first kappa shape index (κ1) is 19.7. The predicted molar refractivity (Wildman–Crippen MR) is 101 cm³/mol. The summed E-state index contributed by atoms with van der Waals surface area (Å²) in [6.07, 6.45) is 0. The van der Waals surface area contributed by atoms with E-state index >= 15 is 0 Å².